The minimum Gasteiger partial charge on any atom is -0.354 e. The maximum atomic E-state index is 11.5. The lowest BCUT2D eigenvalue weighted by molar-refractivity contribution is 0.0967. The summed E-state index contributed by atoms with van der Waals surface area (Å²) >= 11 is 1.34. The summed E-state index contributed by atoms with van der Waals surface area (Å²) in [6, 6.07) is 11.8. The molecule has 3 aromatic rings. The van der Waals surface area contributed by atoms with E-state index < -0.39 is 0 Å². The first-order chi connectivity index (χ1) is 10.8. The third-order valence-electron chi connectivity index (χ3n) is 3.00. The standard InChI is InChI=1S/C16H14N4OS/c1-17-16(21)14-11-18-15(22-14)8-7-12-9-10-20(19-12)13-5-3-2-4-6-13/h2-11H,1H3,(H,17,21). The van der Waals surface area contributed by atoms with Crippen molar-refractivity contribution in [1.82, 2.24) is 20.1 Å². The fourth-order valence-electron chi connectivity index (χ4n) is 1.90. The van der Waals surface area contributed by atoms with Crippen molar-refractivity contribution < 1.29 is 4.79 Å². The Morgan fingerprint density at radius 3 is 2.82 bits per heavy atom. The Hall–Kier alpha value is -2.73. The van der Waals surface area contributed by atoms with Gasteiger partial charge in [0.15, 0.2) is 0 Å². The largest absolute Gasteiger partial charge is 0.354 e. The van der Waals surface area contributed by atoms with E-state index in [1.54, 1.807) is 13.2 Å². The molecule has 0 unspecified atom stereocenters. The number of hydrogen-bond donors (Lipinski definition) is 1. The molecule has 0 radical (unpaired) electrons. The Balaban J connectivity index is 1.75. The van der Waals surface area contributed by atoms with Crippen molar-refractivity contribution in [1.29, 1.82) is 0 Å². The Labute approximate surface area is 131 Å². The molecule has 0 aliphatic heterocycles. The monoisotopic (exact) mass is 310 g/mol. The molecular formula is C16H14N4OS. The molecule has 3 rings (SSSR count). The summed E-state index contributed by atoms with van der Waals surface area (Å²) in [6.07, 6.45) is 7.22. The Bertz CT molecular complexity index is 804. The van der Waals surface area contributed by atoms with Gasteiger partial charge in [-0.05, 0) is 30.4 Å². The lowest BCUT2D eigenvalue weighted by Gasteiger charge is -1.98. The number of aromatic nitrogens is 3. The molecule has 5 nitrogen and oxygen atoms in total. The highest BCUT2D eigenvalue weighted by molar-refractivity contribution is 7.14. The third-order valence-corrected chi connectivity index (χ3v) is 3.96. The zero-order chi connectivity index (χ0) is 15.4. The number of amides is 1. The van der Waals surface area contributed by atoms with Gasteiger partial charge in [0, 0.05) is 13.2 Å². The first-order valence-electron chi connectivity index (χ1n) is 6.73. The van der Waals surface area contributed by atoms with E-state index in [4.69, 9.17) is 0 Å². The van der Waals surface area contributed by atoms with E-state index in [9.17, 15) is 4.79 Å². The second-order valence-electron chi connectivity index (χ2n) is 4.50. The van der Waals surface area contributed by atoms with Crippen LogP contribution in [0.1, 0.15) is 20.4 Å². The second kappa shape index (κ2) is 6.36. The summed E-state index contributed by atoms with van der Waals surface area (Å²) in [5.41, 5.74) is 1.85. The van der Waals surface area contributed by atoms with Crippen LogP contribution in [0.15, 0.2) is 48.8 Å². The van der Waals surface area contributed by atoms with Gasteiger partial charge in [0.25, 0.3) is 5.91 Å². The molecule has 6 heteroatoms. The average Bonchev–Trinajstić information content (AvgIpc) is 3.22. The lowest BCUT2D eigenvalue weighted by Crippen LogP contribution is -2.16. The van der Waals surface area contributed by atoms with Gasteiger partial charge in [0.05, 0.1) is 17.6 Å². The van der Waals surface area contributed by atoms with E-state index >= 15 is 0 Å². The smallest absolute Gasteiger partial charge is 0.262 e. The Kier molecular flexibility index (Phi) is 4.11. The van der Waals surface area contributed by atoms with Crippen LogP contribution in [-0.2, 0) is 0 Å². The van der Waals surface area contributed by atoms with Crippen molar-refractivity contribution >= 4 is 29.4 Å². The Morgan fingerprint density at radius 2 is 2.05 bits per heavy atom. The molecule has 2 aromatic heterocycles. The van der Waals surface area contributed by atoms with Crippen LogP contribution in [0.25, 0.3) is 17.8 Å². The average molecular weight is 310 g/mol. The van der Waals surface area contributed by atoms with Crippen LogP contribution in [0.4, 0.5) is 0 Å². The van der Waals surface area contributed by atoms with Crippen LogP contribution in [-0.4, -0.2) is 27.7 Å². The van der Waals surface area contributed by atoms with E-state index in [0.29, 0.717) is 4.88 Å². The fraction of sp³-hybridized carbons (Fsp3) is 0.0625. The van der Waals surface area contributed by atoms with Crippen molar-refractivity contribution in [3.8, 4) is 5.69 Å². The minimum atomic E-state index is -0.120. The molecule has 0 aliphatic carbocycles. The van der Waals surface area contributed by atoms with E-state index in [0.717, 1.165) is 16.4 Å². The molecule has 1 aromatic carbocycles. The number of carbonyl (C=O) groups excluding carboxylic acids is 1. The van der Waals surface area contributed by atoms with Crippen LogP contribution in [0.3, 0.4) is 0 Å². The molecule has 0 fully saturated rings. The van der Waals surface area contributed by atoms with Crippen molar-refractivity contribution in [2.75, 3.05) is 7.05 Å². The minimum absolute atomic E-state index is 0.120. The van der Waals surface area contributed by atoms with Crippen LogP contribution in [0.5, 0.6) is 0 Å². The van der Waals surface area contributed by atoms with Gasteiger partial charge in [0.2, 0.25) is 0 Å². The van der Waals surface area contributed by atoms with E-state index in [-0.39, 0.29) is 5.91 Å². The van der Waals surface area contributed by atoms with Gasteiger partial charge in [-0.1, -0.05) is 18.2 Å². The number of nitrogens with one attached hydrogen (secondary N) is 1. The number of para-hydroxylation sites is 1. The van der Waals surface area contributed by atoms with Gasteiger partial charge in [-0.3, -0.25) is 4.79 Å². The highest BCUT2D eigenvalue weighted by Gasteiger charge is 2.06. The van der Waals surface area contributed by atoms with Crippen LogP contribution in [0.2, 0.25) is 0 Å². The molecule has 0 saturated heterocycles. The van der Waals surface area contributed by atoms with Gasteiger partial charge >= 0.3 is 0 Å². The normalized spacial score (nSPS) is 11.0. The molecule has 0 saturated carbocycles. The third kappa shape index (κ3) is 3.12. The molecule has 0 atom stereocenters. The maximum Gasteiger partial charge on any atom is 0.262 e. The molecule has 110 valence electrons. The van der Waals surface area contributed by atoms with Gasteiger partial charge in [-0.2, -0.15) is 5.10 Å². The summed E-state index contributed by atoms with van der Waals surface area (Å²) in [5, 5.41) is 7.83. The van der Waals surface area contributed by atoms with Crippen LogP contribution < -0.4 is 5.32 Å². The quantitative estimate of drug-likeness (QED) is 0.806. The fourth-order valence-corrected chi connectivity index (χ4v) is 2.67. The van der Waals surface area contributed by atoms with Crippen LogP contribution in [0, 0.1) is 0 Å². The van der Waals surface area contributed by atoms with Crippen molar-refractivity contribution in [3.63, 3.8) is 0 Å². The van der Waals surface area contributed by atoms with Gasteiger partial charge in [0.1, 0.15) is 9.88 Å². The molecule has 2 heterocycles. The number of thiazole rings is 1. The van der Waals surface area contributed by atoms with Crippen molar-refractivity contribution in [2.45, 2.75) is 0 Å². The summed E-state index contributed by atoms with van der Waals surface area (Å²) in [7, 11) is 1.60. The lowest BCUT2D eigenvalue weighted by atomic mass is 10.3. The molecular weight excluding hydrogens is 296 g/mol. The molecule has 1 amide bonds. The zero-order valence-electron chi connectivity index (χ0n) is 11.9. The molecule has 0 spiro atoms. The number of benzene rings is 1. The summed E-state index contributed by atoms with van der Waals surface area (Å²) in [4.78, 5) is 16.3. The van der Waals surface area contributed by atoms with E-state index in [1.165, 1.54) is 11.3 Å². The van der Waals surface area contributed by atoms with Gasteiger partial charge in [-0.15, -0.1) is 11.3 Å². The molecule has 1 N–H and O–H groups in total. The SMILES string of the molecule is CNC(=O)c1cnc(C=Cc2ccn(-c3ccccc3)n2)s1. The second-order valence-corrected chi connectivity index (χ2v) is 5.56. The predicted octanol–water partition coefficient (Wildman–Crippen LogP) is 2.86. The summed E-state index contributed by atoms with van der Waals surface area (Å²) in [5.74, 6) is -0.120. The first-order valence-corrected chi connectivity index (χ1v) is 7.55. The summed E-state index contributed by atoms with van der Waals surface area (Å²) < 4.78 is 1.82. The highest BCUT2D eigenvalue weighted by Crippen LogP contribution is 2.16. The summed E-state index contributed by atoms with van der Waals surface area (Å²) in [6.45, 7) is 0. The van der Waals surface area contributed by atoms with Crippen molar-refractivity contribution in [2.24, 2.45) is 0 Å². The Morgan fingerprint density at radius 1 is 1.23 bits per heavy atom. The highest BCUT2D eigenvalue weighted by atomic mass is 32.1. The maximum absolute atomic E-state index is 11.5. The molecule has 0 aliphatic rings. The number of hydrogen-bond acceptors (Lipinski definition) is 4. The van der Waals surface area contributed by atoms with Crippen molar-refractivity contribution in [3.05, 3.63) is 64.4 Å². The number of carbonyl (C=O) groups is 1. The number of nitrogens with zero attached hydrogens (tertiary/aromatic N) is 3. The number of rotatable bonds is 4. The van der Waals surface area contributed by atoms with Gasteiger partial charge in [-0.25, -0.2) is 9.67 Å². The zero-order valence-corrected chi connectivity index (χ0v) is 12.7. The first kappa shape index (κ1) is 14.2. The topological polar surface area (TPSA) is 59.8 Å². The van der Waals surface area contributed by atoms with E-state index in [1.807, 2.05) is 59.4 Å². The van der Waals surface area contributed by atoms with E-state index in [2.05, 4.69) is 15.4 Å². The van der Waals surface area contributed by atoms with Gasteiger partial charge < -0.3 is 5.32 Å². The van der Waals surface area contributed by atoms with Crippen LogP contribution >= 0.6 is 11.3 Å². The molecule has 0 bridgehead atoms. The predicted molar refractivity (Wildman–Crippen MR) is 88.0 cm³/mol. The molecule has 22 heavy (non-hydrogen) atoms.